The lowest BCUT2D eigenvalue weighted by Crippen LogP contribution is -2.48. The summed E-state index contributed by atoms with van der Waals surface area (Å²) in [4.78, 5) is 36.7. The first kappa shape index (κ1) is 18.6. The molecule has 1 amide bonds. The molecule has 2 aromatic rings. The zero-order valence-corrected chi connectivity index (χ0v) is 14.8. The number of nitrogens with zero attached hydrogens (tertiary/aromatic N) is 4. The number of hydrogen-bond acceptors (Lipinski definition) is 6. The minimum atomic E-state index is -0.513. The third-order valence-corrected chi connectivity index (χ3v) is 4.68. The van der Waals surface area contributed by atoms with E-state index in [9.17, 15) is 25.0 Å². The summed E-state index contributed by atoms with van der Waals surface area (Å²) >= 11 is 6.16. The third-order valence-electron chi connectivity index (χ3n) is 4.37. The van der Waals surface area contributed by atoms with Crippen LogP contribution in [-0.4, -0.2) is 46.8 Å². The maximum absolute atomic E-state index is 12.5. The number of non-ortho nitro benzene ring substituents is 2. The van der Waals surface area contributed by atoms with Gasteiger partial charge >= 0.3 is 0 Å². The molecule has 1 aliphatic heterocycles. The van der Waals surface area contributed by atoms with Crippen molar-refractivity contribution in [3.63, 3.8) is 0 Å². The Labute approximate surface area is 159 Å². The minimum absolute atomic E-state index is 0.0656. The molecule has 10 heteroatoms. The van der Waals surface area contributed by atoms with Crippen LogP contribution in [0.2, 0.25) is 5.02 Å². The van der Waals surface area contributed by atoms with Gasteiger partial charge in [-0.1, -0.05) is 11.6 Å². The molecule has 140 valence electrons. The van der Waals surface area contributed by atoms with Crippen LogP contribution >= 0.6 is 11.6 Å². The van der Waals surface area contributed by atoms with E-state index in [1.807, 2.05) is 4.90 Å². The van der Waals surface area contributed by atoms with Crippen LogP contribution in [-0.2, 0) is 0 Å². The van der Waals surface area contributed by atoms with Gasteiger partial charge in [0.2, 0.25) is 0 Å². The molecule has 1 heterocycles. The Morgan fingerprint density at radius 2 is 1.44 bits per heavy atom. The van der Waals surface area contributed by atoms with Crippen LogP contribution in [0.5, 0.6) is 0 Å². The Morgan fingerprint density at radius 3 is 1.96 bits per heavy atom. The number of amides is 1. The summed E-state index contributed by atoms with van der Waals surface area (Å²) in [6, 6.07) is 9.81. The van der Waals surface area contributed by atoms with Crippen molar-refractivity contribution in [1.29, 1.82) is 0 Å². The molecule has 0 saturated carbocycles. The fourth-order valence-electron chi connectivity index (χ4n) is 2.92. The van der Waals surface area contributed by atoms with Crippen molar-refractivity contribution in [2.75, 3.05) is 31.1 Å². The smallest absolute Gasteiger partial charge is 0.271 e. The predicted octanol–water partition coefficient (Wildman–Crippen LogP) is 3.12. The summed E-state index contributed by atoms with van der Waals surface area (Å²) < 4.78 is 0. The van der Waals surface area contributed by atoms with Gasteiger partial charge in [-0.3, -0.25) is 25.0 Å². The highest BCUT2D eigenvalue weighted by Gasteiger charge is 2.24. The molecule has 2 aromatic carbocycles. The van der Waals surface area contributed by atoms with Gasteiger partial charge in [-0.05, 0) is 18.2 Å². The average Bonchev–Trinajstić information content (AvgIpc) is 2.67. The SMILES string of the molecule is O=C(c1ccc([N+](=O)[O-])cc1)N1CCN(c2ccc([N+](=O)[O-])cc2Cl)CC1. The lowest BCUT2D eigenvalue weighted by molar-refractivity contribution is -0.385. The summed E-state index contributed by atoms with van der Waals surface area (Å²) in [5.74, 6) is -0.195. The van der Waals surface area contributed by atoms with Crippen LogP contribution in [0.1, 0.15) is 10.4 Å². The number of carbonyl (C=O) groups excluding carboxylic acids is 1. The van der Waals surface area contributed by atoms with Crippen LogP contribution in [0.4, 0.5) is 17.1 Å². The number of rotatable bonds is 4. The highest BCUT2D eigenvalue weighted by atomic mass is 35.5. The molecule has 1 aliphatic rings. The zero-order valence-electron chi connectivity index (χ0n) is 14.1. The molecule has 0 unspecified atom stereocenters. The number of hydrogen-bond donors (Lipinski definition) is 0. The highest BCUT2D eigenvalue weighted by Crippen LogP contribution is 2.30. The molecule has 0 spiro atoms. The molecular formula is C17H15ClN4O5. The summed E-state index contributed by atoms with van der Waals surface area (Å²) in [6.07, 6.45) is 0. The van der Waals surface area contributed by atoms with E-state index in [1.165, 1.54) is 36.4 Å². The average molecular weight is 391 g/mol. The lowest BCUT2D eigenvalue weighted by Gasteiger charge is -2.36. The maximum atomic E-state index is 12.5. The van der Waals surface area contributed by atoms with Crippen LogP contribution in [0.25, 0.3) is 0 Å². The van der Waals surface area contributed by atoms with Gasteiger partial charge in [0.05, 0.1) is 20.6 Å². The lowest BCUT2D eigenvalue weighted by atomic mass is 10.1. The van der Waals surface area contributed by atoms with Crippen molar-refractivity contribution in [2.45, 2.75) is 0 Å². The number of nitro benzene ring substituents is 2. The standard InChI is InChI=1S/C17H15ClN4O5/c18-15-11-14(22(26)27)5-6-16(15)19-7-9-20(10-8-19)17(23)12-1-3-13(4-2-12)21(24)25/h1-6,11H,7-10H2. The summed E-state index contributed by atoms with van der Waals surface area (Å²) in [6.45, 7) is 1.94. The van der Waals surface area contributed by atoms with Gasteiger partial charge in [-0.2, -0.15) is 0 Å². The molecule has 1 saturated heterocycles. The van der Waals surface area contributed by atoms with E-state index in [1.54, 1.807) is 11.0 Å². The van der Waals surface area contributed by atoms with Gasteiger partial charge in [0, 0.05) is 56.0 Å². The molecule has 0 N–H and O–H groups in total. The van der Waals surface area contributed by atoms with Crippen LogP contribution in [0.15, 0.2) is 42.5 Å². The number of carbonyl (C=O) groups is 1. The number of piperazine rings is 1. The number of nitro groups is 2. The Kier molecular flexibility index (Phi) is 5.22. The molecule has 0 bridgehead atoms. The Morgan fingerprint density at radius 1 is 0.889 bits per heavy atom. The van der Waals surface area contributed by atoms with E-state index >= 15 is 0 Å². The summed E-state index contributed by atoms with van der Waals surface area (Å²) in [7, 11) is 0. The van der Waals surface area contributed by atoms with E-state index in [0.29, 0.717) is 42.5 Å². The van der Waals surface area contributed by atoms with Crippen molar-refractivity contribution in [1.82, 2.24) is 4.90 Å². The molecule has 1 fully saturated rings. The first-order chi connectivity index (χ1) is 12.9. The van der Waals surface area contributed by atoms with Crippen molar-refractivity contribution >= 4 is 34.6 Å². The Balaban J connectivity index is 1.65. The van der Waals surface area contributed by atoms with Crippen molar-refractivity contribution < 1.29 is 14.6 Å². The van der Waals surface area contributed by atoms with Crippen molar-refractivity contribution in [2.24, 2.45) is 0 Å². The molecular weight excluding hydrogens is 376 g/mol. The third kappa shape index (κ3) is 3.98. The van der Waals surface area contributed by atoms with Gasteiger partial charge in [0.25, 0.3) is 17.3 Å². The summed E-state index contributed by atoms with van der Waals surface area (Å²) in [5, 5.41) is 21.8. The van der Waals surface area contributed by atoms with E-state index < -0.39 is 9.85 Å². The van der Waals surface area contributed by atoms with Gasteiger partial charge in [0.1, 0.15) is 0 Å². The van der Waals surface area contributed by atoms with Crippen LogP contribution < -0.4 is 4.90 Å². The maximum Gasteiger partial charge on any atom is 0.271 e. The molecule has 27 heavy (non-hydrogen) atoms. The number of benzene rings is 2. The van der Waals surface area contributed by atoms with E-state index in [0.717, 1.165) is 0 Å². The monoisotopic (exact) mass is 390 g/mol. The first-order valence-electron chi connectivity index (χ1n) is 8.09. The fraction of sp³-hybridized carbons (Fsp3) is 0.235. The number of anilines is 1. The predicted molar refractivity (Wildman–Crippen MR) is 99.3 cm³/mol. The molecule has 0 aromatic heterocycles. The van der Waals surface area contributed by atoms with Crippen LogP contribution in [0, 0.1) is 20.2 Å². The molecule has 0 atom stereocenters. The fourth-order valence-corrected chi connectivity index (χ4v) is 3.22. The molecule has 0 radical (unpaired) electrons. The second kappa shape index (κ2) is 7.58. The van der Waals surface area contributed by atoms with Crippen LogP contribution in [0.3, 0.4) is 0 Å². The van der Waals surface area contributed by atoms with Gasteiger partial charge in [0.15, 0.2) is 0 Å². The quantitative estimate of drug-likeness (QED) is 0.586. The highest BCUT2D eigenvalue weighted by molar-refractivity contribution is 6.33. The van der Waals surface area contributed by atoms with Gasteiger partial charge in [-0.25, -0.2) is 0 Å². The zero-order chi connectivity index (χ0) is 19.6. The second-order valence-corrected chi connectivity index (χ2v) is 6.38. The first-order valence-corrected chi connectivity index (χ1v) is 8.47. The summed E-state index contributed by atoms with van der Waals surface area (Å²) in [5.41, 5.74) is 0.937. The van der Waals surface area contributed by atoms with Crippen molar-refractivity contribution in [3.05, 3.63) is 73.3 Å². The largest absolute Gasteiger partial charge is 0.367 e. The molecule has 0 aliphatic carbocycles. The van der Waals surface area contributed by atoms with Gasteiger partial charge < -0.3 is 9.80 Å². The topological polar surface area (TPSA) is 110 Å². The molecule has 3 rings (SSSR count). The van der Waals surface area contributed by atoms with Gasteiger partial charge in [-0.15, -0.1) is 0 Å². The Bertz CT molecular complexity index is 895. The van der Waals surface area contributed by atoms with E-state index in [2.05, 4.69) is 0 Å². The Hall–Kier alpha value is -3.20. The minimum Gasteiger partial charge on any atom is -0.367 e. The van der Waals surface area contributed by atoms with E-state index in [4.69, 9.17) is 11.6 Å². The number of halogens is 1. The normalized spacial score (nSPS) is 14.1. The van der Waals surface area contributed by atoms with Crippen molar-refractivity contribution in [3.8, 4) is 0 Å². The van der Waals surface area contributed by atoms with E-state index in [-0.39, 0.29) is 17.3 Å². The molecule has 9 nitrogen and oxygen atoms in total. The second-order valence-electron chi connectivity index (χ2n) is 5.98.